The molecule has 1 unspecified atom stereocenters. The van der Waals surface area contributed by atoms with Crippen LogP contribution in [0.3, 0.4) is 0 Å². The molecule has 1 fully saturated rings. The molecule has 2 heteroatoms. The fourth-order valence-corrected chi connectivity index (χ4v) is 1.91. The average molecular weight is 176 g/mol. The quantitative estimate of drug-likeness (QED) is 0.525. The van der Waals surface area contributed by atoms with Gasteiger partial charge in [0.1, 0.15) is 0 Å². The van der Waals surface area contributed by atoms with Gasteiger partial charge < -0.3 is 0 Å². The van der Waals surface area contributed by atoms with Crippen molar-refractivity contribution in [2.75, 3.05) is 0 Å². The highest BCUT2D eigenvalue weighted by Crippen LogP contribution is 2.44. The Hall–Kier alpha value is -0.140. The normalized spacial score (nSPS) is 30.2. The van der Waals surface area contributed by atoms with E-state index in [0.29, 0.717) is 6.42 Å². The van der Waals surface area contributed by atoms with Gasteiger partial charge >= 0.3 is 0 Å². The van der Waals surface area contributed by atoms with Crippen LogP contribution in [0, 0.1) is 11.3 Å². The molecule has 0 heterocycles. The summed E-state index contributed by atoms with van der Waals surface area (Å²) in [6, 6.07) is 0. The van der Waals surface area contributed by atoms with Crippen molar-refractivity contribution in [2.45, 2.75) is 52.4 Å². The van der Waals surface area contributed by atoms with E-state index in [9.17, 15) is 8.78 Å². The van der Waals surface area contributed by atoms with Crippen molar-refractivity contribution >= 4 is 0 Å². The van der Waals surface area contributed by atoms with Crippen LogP contribution in [0.4, 0.5) is 8.78 Å². The van der Waals surface area contributed by atoms with Crippen LogP contribution < -0.4 is 0 Å². The fourth-order valence-electron chi connectivity index (χ4n) is 1.91. The molecule has 0 spiro atoms. The van der Waals surface area contributed by atoms with Gasteiger partial charge in [-0.3, -0.25) is 0 Å². The Morgan fingerprint density at radius 1 is 1.25 bits per heavy atom. The second-order valence-corrected chi connectivity index (χ2v) is 5.02. The third-order valence-corrected chi connectivity index (χ3v) is 2.86. The maximum Gasteiger partial charge on any atom is 0.248 e. The highest BCUT2D eigenvalue weighted by molar-refractivity contribution is 4.84. The third kappa shape index (κ3) is 2.43. The number of hydrogen-bond acceptors (Lipinski definition) is 0. The first-order valence-electron chi connectivity index (χ1n) is 4.69. The summed E-state index contributed by atoms with van der Waals surface area (Å²) in [7, 11) is 0. The van der Waals surface area contributed by atoms with E-state index in [-0.39, 0.29) is 24.2 Å². The molecule has 1 atom stereocenters. The maximum absolute atomic E-state index is 13.0. The largest absolute Gasteiger partial charge is 0.248 e. The van der Waals surface area contributed by atoms with Gasteiger partial charge in [0, 0.05) is 12.8 Å². The molecular formula is C10H18F2. The van der Waals surface area contributed by atoms with E-state index in [0.717, 1.165) is 6.42 Å². The van der Waals surface area contributed by atoms with Crippen LogP contribution in [0.2, 0.25) is 0 Å². The molecule has 1 saturated carbocycles. The first-order chi connectivity index (χ1) is 5.31. The summed E-state index contributed by atoms with van der Waals surface area (Å²) in [6.07, 6.45) is 1.85. The third-order valence-electron chi connectivity index (χ3n) is 2.86. The molecular weight excluding hydrogens is 158 g/mol. The summed E-state index contributed by atoms with van der Waals surface area (Å²) >= 11 is 0. The van der Waals surface area contributed by atoms with Crippen LogP contribution in [0.5, 0.6) is 0 Å². The first kappa shape index (κ1) is 9.94. The molecule has 1 aliphatic rings. The van der Waals surface area contributed by atoms with Gasteiger partial charge in [0.15, 0.2) is 0 Å². The second-order valence-electron chi connectivity index (χ2n) is 5.02. The molecule has 1 aliphatic carbocycles. The van der Waals surface area contributed by atoms with E-state index in [1.807, 2.05) is 0 Å². The lowest BCUT2D eigenvalue weighted by molar-refractivity contribution is -0.0707. The minimum Gasteiger partial charge on any atom is -0.207 e. The summed E-state index contributed by atoms with van der Waals surface area (Å²) in [6.45, 7) is 6.16. The fraction of sp³-hybridized carbons (Fsp3) is 1.00. The van der Waals surface area contributed by atoms with E-state index in [1.165, 1.54) is 0 Å². The van der Waals surface area contributed by atoms with Gasteiger partial charge in [-0.05, 0) is 24.2 Å². The topological polar surface area (TPSA) is 0 Å². The van der Waals surface area contributed by atoms with Gasteiger partial charge in [-0.2, -0.15) is 0 Å². The van der Waals surface area contributed by atoms with Gasteiger partial charge in [-0.25, -0.2) is 8.78 Å². The molecule has 0 aromatic rings. The predicted octanol–water partition coefficient (Wildman–Crippen LogP) is 3.86. The highest BCUT2D eigenvalue weighted by Gasteiger charge is 2.40. The number of alkyl halides is 2. The van der Waals surface area contributed by atoms with Crippen molar-refractivity contribution < 1.29 is 8.78 Å². The van der Waals surface area contributed by atoms with Crippen molar-refractivity contribution in [3.8, 4) is 0 Å². The van der Waals surface area contributed by atoms with Crippen LogP contribution in [-0.4, -0.2) is 5.92 Å². The summed E-state index contributed by atoms with van der Waals surface area (Å²) in [5, 5.41) is 0. The van der Waals surface area contributed by atoms with Crippen LogP contribution in [0.25, 0.3) is 0 Å². The zero-order valence-electron chi connectivity index (χ0n) is 8.16. The van der Waals surface area contributed by atoms with Crippen molar-refractivity contribution in [2.24, 2.45) is 11.3 Å². The summed E-state index contributed by atoms with van der Waals surface area (Å²) < 4.78 is 26.0. The van der Waals surface area contributed by atoms with Crippen molar-refractivity contribution in [3.63, 3.8) is 0 Å². The molecule has 72 valence electrons. The Morgan fingerprint density at radius 3 is 2.17 bits per heavy atom. The molecule has 0 amide bonds. The lowest BCUT2D eigenvalue weighted by atomic mass is 9.71. The van der Waals surface area contributed by atoms with Crippen LogP contribution >= 0.6 is 0 Å². The Morgan fingerprint density at radius 2 is 1.83 bits per heavy atom. The van der Waals surface area contributed by atoms with Gasteiger partial charge in [-0.15, -0.1) is 0 Å². The molecule has 0 bridgehead atoms. The molecule has 1 rings (SSSR count). The van der Waals surface area contributed by atoms with Gasteiger partial charge in [0.25, 0.3) is 0 Å². The Labute approximate surface area is 73.3 Å². The summed E-state index contributed by atoms with van der Waals surface area (Å²) in [5.74, 6) is -2.20. The van der Waals surface area contributed by atoms with Crippen LogP contribution in [0.1, 0.15) is 46.5 Å². The number of rotatable bonds is 0. The van der Waals surface area contributed by atoms with Crippen molar-refractivity contribution in [1.82, 2.24) is 0 Å². The smallest absolute Gasteiger partial charge is 0.207 e. The molecule has 0 nitrogen and oxygen atoms in total. The van der Waals surface area contributed by atoms with E-state index in [1.54, 1.807) is 0 Å². The molecule has 0 saturated heterocycles. The lowest BCUT2D eigenvalue weighted by Gasteiger charge is -2.37. The average Bonchev–Trinajstić information content (AvgIpc) is 1.83. The molecule has 0 aromatic heterocycles. The van der Waals surface area contributed by atoms with Crippen molar-refractivity contribution in [3.05, 3.63) is 0 Å². The minimum absolute atomic E-state index is 0.0455. The predicted molar refractivity (Wildman–Crippen MR) is 46.4 cm³/mol. The molecule has 0 N–H and O–H groups in total. The van der Waals surface area contributed by atoms with E-state index in [2.05, 4.69) is 20.8 Å². The van der Waals surface area contributed by atoms with Gasteiger partial charge in [0.05, 0.1) is 0 Å². The Bertz CT molecular complexity index is 152. The first-order valence-corrected chi connectivity index (χ1v) is 4.69. The van der Waals surface area contributed by atoms with Crippen molar-refractivity contribution in [1.29, 1.82) is 0 Å². The summed E-state index contributed by atoms with van der Waals surface area (Å²) in [4.78, 5) is 0. The summed E-state index contributed by atoms with van der Waals surface area (Å²) in [5.41, 5.74) is 0.0455. The van der Waals surface area contributed by atoms with E-state index in [4.69, 9.17) is 0 Å². The number of halogens is 2. The molecule has 0 aliphatic heterocycles. The van der Waals surface area contributed by atoms with E-state index >= 15 is 0 Å². The SMILES string of the molecule is CC(C)(C)C1CCCC(F)(F)C1. The number of hydrogen-bond donors (Lipinski definition) is 0. The Balaban J connectivity index is 2.58. The van der Waals surface area contributed by atoms with Crippen LogP contribution in [0.15, 0.2) is 0 Å². The lowest BCUT2D eigenvalue weighted by Crippen LogP contribution is -2.33. The van der Waals surface area contributed by atoms with E-state index < -0.39 is 5.92 Å². The molecule has 0 aromatic carbocycles. The second kappa shape index (κ2) is 2.97. The maximum atomic E-state index is 13.0. The standard InChI is InChI=1S/C10H18F2/c1-9(2,3)8-5-4-6-10(11,12)7-8/h8H,4-7H2,1-3H3. The monoisotopic (exact) mass is 176 g/mol. The highest BCUT2D eigenvalue weighted by atomic mass is 19.3. The Kier molecular flexibility index (Phi) is 2.46. The van der Waals surface area contributed by atoms with Gasteiger partial charge in [0.2, 0.25) is 5.92 Å². The van der Waals surface area contributed by atoms with Gasteiger partial charge in [-0.1, -0.05) is 20.8 Å². The minimum atomic E-state index is -2.39. The zero-order chi connectivity index (χ0) is 9.41. The zero-order valence-corrected chi connectivity index (χ0v) is 8.16. The molecule has 12 heavy (non-hydrogen) atoms. The molecule has 0 radical (unpaired) electrons. The van der Waals surface area contributed by atoms with Crippen LogP contribution in [-0.2, 0) is 0 Å².